The van der Waals surface area contributed by atoms with Gasteiger partial charge < -0.3 is 15.4 Å². The molecule has 0 saturated carbocycles. The van der Waals surface area contributed by atoms with Gasteiger partial charge in [-0.3, -0.25) is 4.79 Å². The lowest BCUT2D eigenvalue weighted by atomic mass is 10.1. The van der Waals surface area contributed by atoms with Crippen LogP contribution in [-0.2, 0) is 16.1 Å². The Morgan fingerprint density at radius 3 is 2.23 bits per heavy atom. The number of hydrogen-bond acceptors (Lipinski definition) is 7. The van der Waals surface area contributed by atoms with Crippen molar-refractivity contribution in [1.82, 2.24) is 9.97 Å². The Balaban J connectivity index is 1.48. The number of fused-ring (bicyclic) bond motifs is 1. The molecule has 0 aliphatic heterocycles. The number of carbonyl (C=O) groups excluding carboxylic acids is 2. The number of benzene rings is 3. The first-order valence-electron chi connectivity index (χ1n) is 13.8. The smallest absolute Gasteiger partial charge is 0.339 e. The molecule has 0 atom stereocenters. The topological polar surface area (TPSA) is 93.2 Å². The molecule has 0 radical (unpaired) electrons. The van der Waals surface area contributed by atoms with E-state index in [1.165, 1.54) is 18.1 Å². The number of anilines is 3. The highest BCUT2D eigenvalue weighted by molar-refractivity contribution is 7.99. The maximum Gasteiger partial charge on any atom is 0.339 e. The number of nitrogens with one attached hydrogen (secondary N) is 2. The van der Waals surface area contributed by atoms with E-state index < -0.39 is 11.9 Å². The number of esters is 1. The van der Waals surface area contributed by atoms with Gasteiger partial charge in [0.15, 0.2) is 0 Å². The first-order chi connectivity index (χ1) is 21.6. The molecule has 0 unspecified atom stereocenters. The zero-order valence-electron chi connectivity index (χ0n) is 23.9. The zero-order chi connectivity index (χ0) is 30.6. The molecule has 0 bridgehead atoms. The van der Waals surface area contributed by atoms with Gasteiger partial charge in [0, 0.05) is 26.6 Å². The summed E-state index contributed by atoms with van der Waals surface area (Å²) in [5.74, 6) is 4.72. The molecule has 5 aromatic rings. The van der Waals surface area contributed by atoms with E-state index in [0.29, 0.717) is 33.7 Å². The highest BCUT2D eigenvalue weighted by atomic mass is 32.2. The minimum Gasteiger partial charge on any atom is -0.457 e. The van der Waals surface area contributed by atoms with Crippen molar-refractivity contribution in [3.05, 3.63) is 139 Å². The van der Waals surface area contributed by atoms with Crippen LogP contribution in [0.25, 0.3) is 10.9 Å². The van der Waals surface area contributed by atoms with E-state index in [0.717, 1.165) is 15.4 Å². The molecule has 1 amide bonds. The fourth-order valence-corrected chi connectivity index (χ4v) is 5.11. The Bertz CT molecular complexity index is 1890. The van der Waals surface area contributed by atoms with Gasteiger partial charge in [-0.1, -0.05) is 90.5 Å². The van der Waals surface area contributed by atoms with E-state index in [1.54, 1.807) is 31.2 Å². The highest BCUT2D eigenvalue weighted by Gasteiger charge is 2.16. The summed E-state index contributed by atoms with van der Waals surface area (Å²) in [7, 11) is 0. The number of hydrogen-bond donors (Lipinski definition) is 2. The van der Waals surface area contributed by atoms with Crippen LogP contribution in [0.4, 0.5) is 17.2 Å². The van der Waals surface area contributed by atoms with E-state index in [2.05, 4.69) is 32.4 Å². The molecular formula is C36H28N4O3S. The van der Waals surface area contributed by atoms with Gasteiger partial charge >= 0.3 is 5.97 Å². The molecule has 216 valence electrons. The van der Waals surface area contributed by atoms with Crippen LogP contribution in [0, 0.1) is 11.8 Å². The predicted octanol–water partition coefficient (Wildman–Crippen LogP) is 7.97. The molecule has 2 N–H and O–H groups in total. The van der Waals surface area contributed by atoms with Crippen LogP contribution < -0.4 is 10.6 Å². The second-order valence-corrected chi connectivity index (χ2v) is 10.5. The van der Waals surface area contributed by atoms with Crippen molar-refractivity contribution >= 4 is 51.7 Å². The lowest BCUT2D eigenvalue weighted by Gasteiger charge is -2.14. The molecule has 1 heterocycles. The van der Waals surface area contributed by atoms with Crippen LogP contribution in [0.3, 0.4) is 0 Å². The van der Waals surface area contributed by atoms with E-state index in [-0.39, 0.29) is 6.61 Å². The summed E-state index contributed by atoms with van der Waals surface area (Å²) >= 11 is 1.47. The summed E-state index contributed by atoms with van der Waals surface area (Å²) < 4.78 is 5.74. The molecule has 44 heavy (non-hydrogen) atoms. The quantitative estimate of drug-likeness (QED) is 0.139. The minimum absolute atomic E-state index is 0.150. The average molecular weight is 597 g/mol. The Kier molecular flexibility index (Phi) is 10.2. The van der Waals surface area contributed by atoms with Crippen molar-refractivity contribution in [2.24, 2.45) is 0 Å². The molecular weight excluding hydrogens is 568 g/mol. The van der Waals surface area contributed by atoms with Crippen LogP contribution in [0.1, 0.15) is 22.8 Å². The largest absolute Gasteiger partial charge is 0.457 e. The van der Waals surface area contributed by atoms with E-state index in [1.807, 2.05) is 97.1 Å². The van der Waals surface area contributed by atoms with Gasteiger partial charge in [0.05, 0.1) is 11.1 Å². The maximum absolute atomic E-state index is 13.5. The molecule has 0 fully saturated rings. The molecule has 5 rings (SSSR count). The summed E-state index contributed by atoms with van der Waals surface area (Å²) in [6.45, 7) is 1.75. The summed E-state index contributed by atoms with van der Waals surface area (Å²) in [5.41, 5.74) is 3.18. The monoisotopic (exact) mass is 596 g/mol. The Labute approximate surface area is 260 Å². The van der Waals surface area contributed by atoms with Gasteiger partial charge in [-0.05, 0) is 66.9 Å². The molecule has 0 aliphatic rings. The van der Waals surface area contributed by atoms with E-state index >= 15 is 0 Å². The molecule has 1 aromatic heterocycles. The summed E-state index contributed by atoms with van der Waals surface area (Å²) in [6.07, 6.45) is 1.46. The van der Waals surface area contributed by atoms with E-state index in [9.17, 15) is 9.59 Å². The number of amides is 1. The lowest BCUT2D eigenvalue weighted by Crippen LogP contribution is -2.08. The van der Waals surface area contributed by atoms with Crippen molar-refractivity contribution < 1.29 is 14.3 Å². The number of carbonyl (C=O) groups is 2. The van der Waals surface area contributed by atoms with Crippen LogP contribution >= 0.6 is 11.8 Å². The van der Waals surface area contributed by atoms with Crippen LogP contribution in [0.2, 0.25) is 0 Å². The number of rotatable bonds is 8. The Morgan fingerprint density at radius 1 is 0.795 bits per heavy atom. The van der Waals surface area contributed by atoms with Gasteiger partial charge in [-0.2, -0.15) is 0 Å². The summed E-state index contributed by atoms with van der Waals surface area (Å²) in [4.78, 5) is 36.0. The molecule has 0 aliphatic carbocycles. The molecule has 0 spiro atoms. The maximum atomic E-state index is 13.5. The minimum atomic E-state index is -0.447. The van der Waals surface area contributed by atoms with Crippen molar-refractivity contribution in [3.63, 3.8) is 0 Å². The predicted molar refractivity (Wildman–Crippen MR) is 175 cm³/mol. The van der Waals surface area contributed by atoms with E-state index in [4.69, 9.17) is 4.74 Å². The highest BCUT2D eigenvalue weighted by Crippen LogP contribution is 2.34. The third kappa shape index (κ3) is 8.22. The lowest BCUT2D eigenvalue weighted by molar-refractivity contribution is -0.111. The fraction of sp³-hybridized carbons (Fsp3) is 0.0556. The third-order valence-electron chi connectivity index (χ3n) is 6.22. The first-order valence-corrected chi connectivity index (χ1v) is 14.6. The Hall–Kier alpha value is -5.65. The van der Waals surface area contributed by atoms with Crippen molar-refractivity contribution in [2.45, 2.75) is 23.3 Å². The molecule has 0 saturated heterocycles. The number of nitrogens with zero attached hydrogens (tertiary/aromatic N) is 2. The van der Waals surface area contributed by atoms with Gasteiger partial charge in [-0.25, -0.2) is 14.8 Å². The summed E-state index contributed by atoms with van der Waals surface area (Å²) in [6, 6.07) is 38.1. The SMILES string of the molecule is CC#CC(=O)Nc1ccc2ncnc(Nc3ccc(Sc4ccccccccc4)c(C(=O)OCc4ccccc4)c3)c2c1. The fourth-order valence-electron chi connectivity index (χ4n) is 4.18. The van der Waals surface area contributed by atoms with Crippen LogP contribution in [-0.4, -0.2) is 21.8 Å². The third-order valence-corrected chi connectivity index (χ3v) is 7.31. The van der Waals surface area contributed by atoms with Crippen molar-refractivity contribution in [1.29, 1.82) is 0 Å². The second kappa shape index (κ2) is 15.0. The van der Waals surface area contributed by atoms with Gasteiger partial charge in [0.25, 0.3) is 5.91 Å². The first kappa shape index (κ1) is 29.8. The van der Waals surface area contributed by atoms with Crippen LogP contribution in [0.5, 0.6) is 0 Å². The molecule has 4 aromatic carbocycles. The molecule has 8 heteroatoms. The van der Waals surface area contributed by atoms with Gasteiger partial charge in [0.1, 0.15) is 18.8 Å². The van der Waals surface area contributed by atoms with Crippen LogP contribution in [0.15, 0.2) is 137 Å². The van der Waals surface area contributed by atoms with Crippen molar-refractivity contribution in [3.8, 4) is 11.8 Å². The van der Waals surface area contributed by atoms with Crippen molar-refractivity contribution in [2.75, 3.05) is 10.6 Å². The average Bonchev–Trinajstić information content (AvgIpc) is 3.04. The normalized spacial score (nSPS) is 10.1. The molecule has 7 nitrogen and oxygen atoms in total. The van der Waals surface area contributed by atoms with Gasteiger partial charge in [0.2, 0.25) is 0 Å². The second-order valence-electron chi connectivity index (χ2n) is 9.37. The standard InChI is InChI=1S/C36H28N4O3S/c1-2-13-34(41)39-27-18-20-32-30(22-27)35(38-25-37-32)40-28-19-21-33(44-29-16-11-6-4-3-5-7-12-17-29)31(23-28)36(42)43-24-26-14-9-8-10-15-26/h3-12,14-23,25H,24H2,1H3,(H,39,41)(H,37,38,40). The Morgan fingerprint density at radius 2 is 1.48 bits per heavy atom. The van der Waals surface area contributed by atoms with Gasteiger partial charge in [-0.15, -0.1) is 0 Å². The number of aromatic nitrogens is 2. The summed E-state index contributed by atoms with van der Waals surface area (Å²) in [5, 5.41) is 6.76. The zero-order valence-corrected chi connectivity index (χ0v) is 24.7. The number of ether oxygens (including phenoxy) is 1.